The van der Waals surface area contributed by atoms with E-state index in [4.69, 9.17) is 0 Å². The summed E-state index contributed by atoms with van der Waals surface area (Å²) in [4.78, 5) is 12.6. The van der Waals surface area contributed by atoms with Gasteiger partial charge >= 0.3 is 0 Å². The van der Waals surface area contributed by atoms with Crippen LogP contribution in [0, 0.1) is 5.41 Å². The maximum Gasteiger partial charge on any atom is 0.271 e. The van der Waals surface area contributed by atoms with Gasteiger partial charge in [0.2, 0.25) is 0 Å². The zero-order chi connectivity index (χ0) is 13.7. The zero-order valence-electron chi connectivity index (χ0n) is 12.3. The van der Waals surface area contributed by atoms with Gasteiger partial charge in [-0.2, -0.15) is 11.8 Å². The van der Waals surface area contributed by atoms with Gasteiger partial charge in [-0.05, 0) is 38.4 Å². The van der Waals surface area contributed by atoms with Crippen LogP contribution in [-0.2, 0) is 12.0 Å². The molecule has 2 heterocycles. The summed E-state index contributed by atoms with van der Waals surface area (Å²) in [6.45, 7) is 12.8. The molecule has 0 saturated heterocycles. The smallest absolute Gasteiger partial charge is 0.271 e. The molecule has 0 fully saturated rings. The predicted octanol–water partition coefficient (Wildman–Crippen LogP) is 3.31. The van der Waals surface area contributed by atoms with Gasteiger partial charge in [0.05, 0.1) is 11.1 Å². The number of hydrogen-bond acceptors (Lipinski definition) is 2. The Hall–Kier alpha value is -0.640. The molecule has 0 bridgehead atoms. The molecule has 0 spiro atoms. The molecular formula is C14H24N2OS. The average Bonchev–Trinajstić information content (AvgIpc) is 2.54. The number of H-pyrrole nitrogens is 1. The highest BCUT2D eigenvalue weighted by atomic mass is 32.2. The summed E-state index contributed by atoms with van der Waals surface area (Å²) in [5.74, 6) is 1.10. The van der Waals surface area contributed by atoms with Crippen molar-refractivity contribution in [3.8, 4) is 0 Å². The third kappa shape index (κ3) is 2.27. The number of fused-ring (bicyclic) bond motifs is 1. The van der Waals surface area contributed by atoms with Crippen LogP contribution < -0.4 is 5.56 Å². The average molecular weight is 268 g/mol. The molecule has 0 aromatic carbocycles. The number of aromatic amines is 1. The van der Waals surface area contributed by atoms with Crippen molar-refractivity contribution in [2.75, 3.05) is 5.75 Å². The summed E-state index contributed by atoms with van der Waals surface area (Å²) in [5.41, 5.74) is 2.27. The van der Waals surface area contributed by atoms with Crippen LogP contribution in [0.5, 0.6) is 0 Å². The van der Waals surface area contributed by atoms with Crippen molar-refractivity contribution in [3.05, 3.63) is 21.6 Å². The molecule has 1 aromatic heterocycles. The number of thioether (sulfide) groups is 1. The van der Waals surface area contributed by atoms with Gasteiger partial charge in [0.25, 0.3) is 5.56 Å². The summed E-state index contributed by atoms with van der Waals surface area (Å²) >= 11 is 1.92. The van der Waals surface area contributed by atoms with E-state index in [1.54, 1.807) is 4.68 Å². The normalized spacial score (nSPS) is 20.9. The van der Waals surface area contributed by atoms with Crippen molar-refractivity contribution in [1.82, 2.24) is 9.78 Å². The molecule has 0 saturated carbocycles. The maximum absolute atomic E-state index is 12.6. The minimum Gasteiger partial charge on any atom is -0.299 e. The molecule has 3 nitrogen and oxygen atoms in total. The second-order valence-electron chi connectivity index (χ2n) is 7.18. The fraction of sp³-hybridized carbons (Fsp3) is 0.786. The van der Waals surface area contributed by atoms with Crippen LogP contribution in [0.2, 0.25) is 0 Å². The van der Waals surface area contributed by atoms with Crippen molar-refractivity contribution in [1.29, 1.82) is 0 Å². The second kappa shape index (κ2) is 4.19. The zero-order valence-corrected chi connectivity index (χ0v) is 13.1. The van der Waals surface area contributed by atoms with Crippen molar-refractivity contribution in [2.24, 2.45) is 5.41 Å². The van der Waals surface area contributed by atoms with E-state index in [0.29, 0.717) is 5.25 Å². The van der Waals surface area contributed by atoms with E-state index in [2.05, 4.69) is 46.6 Å². The van der Waals surface area contributed by atoms with Crippen LogP contribution in [0.25, 0.3) is 0 Å². The van der Waals surface area contributed by atoms with E-state index in [1.165, 1.54) is 0 Å². The molecule has 102 valence electrons. The summed E-state index contributed by atoms with van der Waals surface area (Å²) in [5, 5.41) is 3.63. The van der Waals surface area contributed by atoms with E-state index in [0.717, 1.165) is 23.4 Å². The largest absolute Gasteiger partial charge is 0.299 e. The highest BCUT2D eigenvalue weighted by Crippen LogP contribution is 2.46. The molecule has 1 unspecified atom stereocenters. The first-order valence-corrected chi connectivity index (χ1v) is 7.63. The summed E-state index contributed by atoms with van der Waals surface area (Å²) in [6.07, 6.45) is 0.977. The Bertz CT molecular complexity index is 499. The van der Waals surface area contributed by atoms with Gasteiger partial charge in [0, 0.05) is 10.9 Å². The monoisotopic (exact) mass is 268 g/mol. The number of nitrogens with zero attached hydrogens (tertiary/aromatic N) is 1. The van der Waals surface area contributed by atoms with Crippen LogP contribution in [0.15, 0.2) is 4.79 Å². The lowest BCUT2D eigenvalue weighted by atomic mass is 9.87. The molecule has 0 radical (unpaired) electrons. The number of aryl methyl sites for hydroxylation is 1. The lowest BCUT2D eigenvalue weighted by Crippen LogP contribution is -2.34. The van der Waals surface area contributed by atoms with Gasteiger partial charge in [-0.1, -0.05) is 20.8 Å². The highest BCUT2D eigenvalue weighted by molar-refractivity contribution is 7.99. The molecule has 1 aromatic rings. The lowest BCUT2D eigenvalue weighted by Gasteiger charge is -2.32. The van der Waals surface area contributed by atoms with Gasteiger partial charge in [0.15, 0.2) is 0 Å². The summed E-state index contributed by atoms with van der Waals surface area (Å²) in [6, 6.07) is 0. The fourth-order valence-electron chi connectivity index (χ4n) is 2.47. The first-order chi connectivity index (χ1) is 8.12. The Balaban J connectivity index is 2.59. The number of rotatable bonds is 0. The lowest BCUT2D eigenvalue weighted by molar-refractivity contribution is 0.342. The minimum atomic E-state index is -0.179. The Labute approximate surface area is 113 Å². The molecular weight excluding hydrogens is 244 g/mol. The number of aromatic nitrogens is 2. The first-order valence-electron chi connectivity index (χ1n) is 6.58. The molecule has 1 aliphatic heterocycles. The minimum absolute atomic E-state index is 0.122. The molecule has 1 N–H and O–H groups in total. The Morgan fingerprint density at radius 3 is 2.33 bits per heavy atom. The van der Waals surface area contributed by atoms with E-state index in [-0.39, 0.29) is 16.5 Å². The van der Waals surface area contributed by atoms with Gasteiger partial charge in [0.1, 0.15) is 0 Å². The Morgan fingerprint density at radius 2 is 1.83 bits per heavy atom. The molecule has 0 aliphatic carbocycles. The molecule has 2 rings (SSSR count). The van der Waals surface area contributed by atoms with Crippen molar-refractivity contribution >= 4 is 11.8 Å². The van der Waals surface area contributed by atoms with Gasteiger partial charge < -0.3 is 0 Å². The standard InChI is InChI=1S/C14H24N2OS/c1-13(2,3)11-10-9(7-8-18-11)15-16(12(10)17)14(4,5)6/h11,15H,7-8H2,1-6H3. The van der Waals surface area contributed by atoms with E-state index >= 15 is 0 Å². The molecule has 0 amide bonds. The molecule has 18 heavy (non-hydrogen) atoms. The second-order valence-corrected chi connectivity index (χ2v) is 8.40. The fourth-order valence-corrected chi connectivity index (χ4v) is 3.94. The number of hydrogen-bond donors (Lipinski definition) is 1. The van der Waals surface area contributed by atoms with E-state index < -0.39 is 0 Å². The van der Waals surface area contributed by atoms with Crippen molar-refractivity contribution in [2.45, 2.75) is 58.8 Å². The van der Waals surface area contributed by atoms with Crippen LogP contribution in [0.1, 0.15) is 58.0 Å². The van der Waals surface area contributed by atoms with Crippen LogP contribution in [-0.4, -0.2) is 15.5 Å². The molecule has 1 aliphatic rings. The quantitative estimate of drug-likeness (QED) is 0.784. The Morgan fingerprint density at radius 1 is 1.22 bits per heavy atom. The Kier molecular flexibility index (Phi) is 3.21. The van der Waals surface area contributed by atoms with Gasteiger partial charge in [-0.15, -0.1) is 0 Å². The van der Waals surface area contributed by atoms with Crippen LogP contribution >= 0.6 is 11.8 Å². The van der Waals surface area contributed by atoms with Crippen LogP contribution in [0.3, 0.4) is 0 Å². The van der Waals surface area contributed by atoms with E-state index in [1.807, 2.05) is 11.8 Å². The van der Waals surface area contributed by atoms with Gasteiger partial charge in [-0.3, -0.25) is 9.89 Å². The van der Waals surface area contributed by atoms with E-state index in [9.17, 15) is 4.79 Å². The third-order valence-corrected chi connectivity index (χ3v) is 5.08. The molecule has 4 heteroatoms. The first kappa shape index (κ1) is 13.8. The maximum atomic E-state index is 12.6. The van der Waals surface area contributed by atoms with Gasteiger partial charge in [-0.25, -0.2) is 4.68 Å². The van der Waals surface area contributed by atoms with Crippen LogP contribution in [0.4, 0.5) is 0 Å². The third-order valence-electron chi connectivity index (χ3n) is 3.36. The summed E-state index contributed by atoms with van der Waals surface area (Å²) in [7, 11) is 0. The highest BCUT2D eigenvalue weighted by Gasteiger charge is 2.36. The molecule has 1 atom stereocenters. The topological polar surface area (TPSA) is 37.8 Å². The SMILES string of the molecule is CC(C)(C)C1SCCc2[nH]n(C(C)(C)C)c(=O)c21. The summed E-state index contributed by atoms with van der Waals surface area (Å²) < 4.78 is 1.79. The van der Waals surface area contributed by atoms with Crippen molar-refractivity contribution in [3.63, 3.8) is 0 Å². The van der Waals surface area contributed by atoms with Crippen molar-refractivity contribution < 1.29 is 0 Å². The predicted molar refractivity (Wildman–Crippen MR) is 78.4 cm³/mol. The number of nitrogens with one attached hydrogen (secondary N) is 1.